The third-order valence-corrected chi connectivity index (χ3v) is 6.34. The Morgan fingerprint density at radius 2 is 1.94 bits per heavy atom. The maximum atomic E-state index is 13.0. The zero-order chi connectivity index (χ0) is 23.8. The van der Waals surface area contributed by atoms with Crippen LogP contribution in [0, 0.1) is 0 Å². The van der Waals surface area contributed by atoms with Crippen LogP contribution in [0.2, 0.25) is 0 Å². The minimum Gasteiger partial charge on any atom is -0.348 e. The highest BCUT2D eigenvalue weighted by atomic mass is 32.1. The van der Waals surface area contributed by atoms with Crippen LogP contribution in [0.15, 0.2) is 54.7 Å². The van der Waals surface area contributed by atoms with E-state index in [9.17, 15) is 18.0 Å². The quantitative estimate of drug-likeness (QED) is 0.544. The second kappa shape index (κ2) is 9.05. The summed E-state index contributed by atoms with van der Waals surface area (Å²) in [7, 11) is 3.48. The van der Waals surface area contributed by atoms with Crippen molar-refractivity contribution in [3.8, 4) is 0 Å². The third kappa shape index (κ3) is 4.98. The molecular weight excluding hydrogens is 449 g/mol. The highest BCUT2D eigenvalue weighted by molar-refractivity contribution is 7.80. The van der Waals surface area contributed by atoms with E-state index in [4.69, 9.17) is 12.2 Å². The van der Waals surface area contributed by atoms with Gasteiger partial charge in [0.15, 0.2) is 5.11 Å². The first-order chi connectivity index (χ1) is 15.6. The summed E-state index contributed by atoms with van der Waals surface area (Å²) < 4.78 is 41.0. The van der Waals surface area contributed by atoms with Crippen LogP contribution in [0.25, 0.3) is 10.9 Å². The summed E-state index contributed by atoms with van der Waals surface area (Å²) in [6.07, 6.45) is -1.50. The summed E-state index contributed by atoms with van der Waals surface area (Å²) in [4.78, 5) is 15.8. The number of likely N-dealkylation sites (N-methyl/N-ethyl adjacent to an activating group) is 1. The van der Waals surface area contributed by atoms with Crippen LogP contribution in [0.1, 0.15) is 23.5 Å². The molecule has 3 aromatic rings. The second-order valence-electron chi connectivity index (χ2n) is 8.46. The molecule has 0 spiro atoms. The number of rotatable bonds is 4. The fourth-order valence-electron chi connectivity index (χ4n) is 4.19. The van der Waals surface area contributed by atoms with Gasteiger partial charge in [-0.05, 0) is 48.5 Å². The molecule has 1 saturated heterocycles. The minimum absolute atomic E-state index is 0.0156. The summed E-state index contributed by atoms with van der Waals surface area (Å²) in [5.74, 6) is 0.216. The highest BCUT2D eigenvalue weighted by Gasteiger charge is 2.31. The maximum Gasteiger partial charge on any atom is 0.416 e. The van der Waals surface area contributed by atoms with Gasteiger partial charge >= 0.3 is 6.18 Å². The lowest BCUT2D eigenvalue weighted by Crippen LogP contribution is -2.32. The van der Waals surface area contributed by atoms with Gasteiger partial charge in [-0.15, -0.1) is 0 Å². The number of likely N-dealkylation sites (tertiary alicyclic amines) is 1. The van der Waals surface area contributed by atoms with Crippen LogP contribution in [0.5, 0.6) is 0 Å². The van der Waals surface area contributed by atoms with E-state index in [1.54, 1.807) is 25.1 Å². The Bertz CT molecular complexity index is 1190. The standard InChI is InChI=1S/C24H25F3N4OS/c1-29(2)22(32)15-31-14-20(19-8-3-4-9-21(19)31)16-10-11-30(13-16)23(33)28-18-7-5-6-17(12-18)24(25,26)27/h3-9,12,14,16H,10-11,13,15H2,1-2H3,(H,28,33). The van der Waals surface area contributed by atoms with Crippen molar-refractivity contribution in [1.82, 2.24) is 14.4 Å². The smallest absolute Gasteiger partial charge is 0.348 e. The minimum atomic E-state index is -4.40. The maximum absolute atomic E-state index is 13.0. The van der Waals surface area contributed by atoms with E-state index in [2.05, 4.69) is 11.4 Å². The molecule has 9 heteroatoms. The molecule has 0 bridgehead atoms. The molecule has 2 aromatic carbocycles. The fraction of sp³-hybridized carbons (Fsp3) is 0.333. The summed E-state index contributed by atoms with van der Waals surface area (Å²) in [5.41, 5.74) is 1.76. The number of carbonyl (C=O) groups excluding carboxylic acids is 1. The average Bonchev–Trinajstić information content (AvgIpc) is 3.39. The lowest BCUT2D eigenvalue weighted by Gasteiger charge is -2.21. The van der Waals surface area contributed by atoms with Gasteiger partial charge in [-0.25, -0.2) is 0 Å². The first-order valence-corrected chi connectivity index (χ1v) is 11.1. The number of nitrogens with zero attached hydrogens (tertiary/aromatic N) is 3. The molecule has 2 heterocycles. The van der Waals surface area contributed by atoms with Gasteiger partial charge in [0.25, 0.3) is 0 Å². The molecule has 174 valence electrons. The molecule has 1 aliphatic heterocycles. The molecule has 1 fully saturated rings. The Balaban J connectivity index is 1.50. The Hall–Kier alpha value is -3.07. The number of halogens is 3. The number of hydrogen-bond donors (Lipinski definition) is 1. The molecule has 4 rings (SSSR count). The zero-order valence-electron chi connectivity index (χ0n) is 18.4. The van der Waals surface area contributed by atoms with Gasteiger partial charge in [-0.3, -0.25) is 4.79 Å². The number of para-hydroxylation sites is 1. The molecule has 1 amide bonds. The van der Waals surface area contributed by atoms with E-state index in [-0.39, 0.29) is 18.4 Å². The van der Waals surface area contributed by atoms with Crippen molar-refractivity contribution in [2.24, 2.45) is 0 Å². The van der Waals surface area contributed by atoms with Crippen molar-refractivity contribution in [1.29, 1.82) is 0 Å². The first kappa shape index (κ1) is 23.1. The lowest BCUT2D eigenvalue weighted by molar-refractivity contribution is -0.137. The van der Waals surface area contributed by atoms with Gasteiger partial charge in [0.05, 0.1) is 5.56 Å². The zero-order valence-corrected chi connectivity index (χ0v) is 19.2. The number of carbonyl (C=O) groups is 1. The number of aromatic nitrogens is 1. The number of hydrogen-bond acceptors (Lipinski definition) is 2. The molecule has 33 heavy (non-hydrogen) atoms. The van der Waals surface area contributed by atoms with Gasteiger partial charge in [0.1, 0.15) is 6.54 Å². The van der Waals surface area contributed by atoms with Gasteiger partial charge in [-0.2, -0.15) is 13.2 Å². The van der Waals surface area contributed by atoms with Crippen molar-refractivity contribution in [2.45, 2.75) is 25.1 Å². The molecule has 0 aliphatic carbocycles. The summed E-state index contributed by atoms with van der Waals surface area (Å²) in [6, 6.07) is 13.0. The van der Waals surface area contributed by atoms with Crippen LogP contribution in [0.3, 0.4) is 0 Å². The predicted octanol–water partition coefficient (Wildman–Crippen LogP) is 4.93. The number of fused-ring (bicyclic) bond motifs is 1. The summed E-state index contributed by atoms with van der Waals surface area (Å²) in [6.45, 7) is 1.62. The third-order valence-electron chi connectivity index (χ3n) is 5.98. The summed E-state index contributed by atoms with van der Waals surface area (Å²) in [5, 5.41) is 4.46. The van der Waals surface area contributed by atoms with Crippen molar-refractivity contribution < 1.29 is 18.0 Å². The molecular formula is C24H25F3N4OS. The highest BCUT2D eigenvalue weighted by Crippen LogP contribution is 2.35. The van der Waals surface area contributed by atoms with Crippen LogP contribution in [-0.4, -0.2) is 52.6 Å². The van der Waals surface area contributed by atoms with E-state index < -0.39 is 11.7 Å². The van der Waals surface area contributed by atoms with Crippen LogP contribution in [-0.2, 0) is 17.5 Å². The molecule has 1 N–H and O–H groups in total. The molecule has 1 atom stereocenters. The fourth-order valence-corrected chi connectivity index (χ4v) is 4.48. The molecule has 0 radical (unpaired) electrons. The van der Waals surface area contributed by atoms with Crippen LogP contribution < -0.4 is 5.32 Å². The average molecular weight is 475 g/mol. The first-order valence-electron chi connectivity index (χ1n) is 10.6. The monoisotopic (exact) mass is 474 g/mol. The predicted molar refractivity (Wildman–Crippen MR) is 127 cm³/mol. The van der Waals surface area contributed by atoms with Crippen molar-refractivity contribution in [3.05, 3.63) is 65.9 Å². The van der Waals surface area contributed by atoms with E-state index in [1.165, 1.54) is 6.07 Å². The van der Waals surface area contributed by atoms with Gasteiger partial charge < -0.3 is 19.7 Å². The molecule has 1 aliphatic rings. The van der Waals surface area contributed by atoms with E-state index in [0.717, 1.165) is 35.0 Å². The van der Waals surface area contributed by atoms with E-state index in [0.29, 0.717) is 23.9 Å². The number of amides is 1. The SMILES string of the molecule is CN(C)C(=O)Cn1cc(C2CCN(C(=S)Nc3cccc(C(F)(F)F)c3)C2)c2ccccc21. The van der Waals surface area contributed by atoms with E-state index in [1.807, 2.05) is 33.9 Å². The van der Waals surface area contributed by atoms with Crippen molar-refractivity contribution >= 4 is 39.8 Å². The van der Waals surface area contributed by atoms with Crippen molar-refractivity contribution in [3.63, 3.8) is 0 Å². The van der Waals surface area contributed by atoms with Gasteiger partial charge in [0.2, 0.25) is 5.91 Å². The number of benzene rings is 2. The second-order valence-corrected chi connectivity index (χ2v) is 8.84. The molecule has 5 nitrogen and oxygen atoms in total. The van der Waals surface area contributed by atoms with Gasteiger partial charge in [0, 0.05) is 55.9 Å². The largest absolute Gasteiger partial charge is 0.416 e. The van der Waals surface area contributed by atoms with Crippen LogP contribution in [0.4, 0.5) is 18.9 Å². The normalized spacial score (nSPS) is 16.3. The Labute approximate surface area is 195 Å². The van der Waals surface area contributed by atoms with Gasteiger partial charge in [-0.1, -0.05) is 24.3 Å². The number of thiocarbonyl (C=S) groups is 1. The van der Waals surface area contributed by atoms with Crippen molar-refractivity contribution in [2.75, 3.05) is 32.5 Å². The Morgan fingerprint density at radius 3 is 2.67 bits per heavy atom. The van der Waals surface area contributed by atoms with E-state index >= 15 is 0 Å². The topological polar surface area (TPSA) is 40.5 Å². The molecule has 0 saturated carbocycles. The number of alkyl halides is 3. The van der Waals surface area contributed by atoms with Crippen LogP contribution >= 0.6 is 12.2 Å². The number of anilines is 1. The Kier molecular flexibility index (Phi) is 6.34. The molecule has 1 aromatic heterocycles. The Morgan fingerprint density at radius 1 is 1.18 bits per heavy atom. The molecule has 1 unspecified atom stereocenters. The summed E-state index contributed by atoms with van der Waals surface area (Å²) >= 11 is 5.50. The number of nitrogens with one attached hydrogen (secondary N) is 1. The lowest BCUT2D eigenvalue weighted by atomic mass is 9.98.